The Hall–Kier alpha value is -0.700. The lowest BCUT2D eigenvalue weighted by molar-refractivity contribution is -0.137. The summed E-state index contributed by atoms with van der Waals surface area (Å²) in [4.78, 5) is 0. The molecule has 0 aliphatic rings. The molecular weight excluding hydrogens is 261 g/mol. The van der Waals surface area contributed by atoms with Gasteiger partial charge < -0.3 is 0 Å². The van der Waals surface area contributed by atoms with Crippen LogP contribution >= 0.6 is 11.6 Å². The molecule has 0 aromatic heterocycles. The molecule has 0 atom stereocenters. The molecule has 0 spiro atoms. The molecule has 1 rings (SSSR count). The molecule has 18 heavy (non-hydrogen) atoms. The van der Waals surface area contributed by atoms with E-state index in [1.807, 2.05) is 0 Å². The number of hydrogen-bond acceptors (Lipinski definition) is 0. The highest BCUT2D eigenvalue weighted by Crippen LogP contribution is 2.34. The lowest BCUT2D eigenvalue weighted by atomic mass is 9.78. The van der Waals surface area contributed by atoms with E-state index >= 15 is 0 Å². The minimum absolute atomic E-state index is 0.0126. The first-order chi connectivity index (χ1) is 8.37. The first-order valence-electron chi connectivity index (χ1n) is 6.09. The fraction of sp³-hybridized carbons (Fsp3) is 0.571. The van der Waals surface area contributed by atoms with E-state index in [2.05, 4.69) is 13.8 Å². The van der Waals surface area contributed by atoms with Gasteiger partial charge in [0.15, 0.2) is 0 Å². The minimum Gasteiger partial charge on any atom is -0.166 e. The number of benzene rings is 1. The van der Waals surface area contributed by atoms with E-state index in [1.54, 1.807) is 12.1 Å². The topological polar surface area (TPSA) is 0 Å². The zero-order chi connectivity index (χ0) is 13.8. The number of hydrogen-bond donors (Lipinski definition) is 0. The fourth-order valence-electron chi connectivity index (χ4n) is 1.98. The Bertz CT molecular complexity index is 355. The van der Waals surface area contributed by atoms with Crippen molar-refractivity contribution in [2.24, 2.45) is 5.41 Å². The second-order valence-corrected chi connectivity index (χ2v) is 4.98. The number of rotatable bonds is 5. The molecular formula is C14H18ClF3. The van der Waals surface area contributed by atoms with E-state index < -0.39 is 11.7 Å². The van der Waals surface area contributed by atoms with Crippen LogP contribution in [0.3, 0.4) is 0 Å². The molecule has 0 saturated carbocycles. The Morgan fingerprint density at radius 1 is 1.00 bits per heavy atom. The zero-order valence-corrected chi connectivity index (χ0v) is 11.4. The van der Waals surface area contributed by atoms with Gasteiger partial charge in [-0.15, -0.1) is 11.6 Å². The molecule has 0 unspecified atom stereocenters. The molecule has 0 heterocycles. The lowest BCUT2D eigenvalue weighted by Gasteiger charge is -2.29. The van der Waals surface area contributed by atoms with Crippen molar-refractivity contribution >= 4 is 11.6 Å². The van der Waals surface area contributed by atoms with Gasteiger partial charge >= 0.3 is 6.18 Å². The average Bonchev–Trinajstić information content (AvgIpc) is 2.36. The van der Waals surface area contributed by atoms with Gasteiger partial charge in [0.05, 0.1) is 5.56 Å². The van der Waals surface area contributed by atoms with Gasteiger partial charge in [-0.2, -0.15) is 13.2 Å². The quantitative estimate of drug-likeness (QED) is 0.642. The Morgan fingerprint density at radius 3 is 1.83 bits per heavy atom. The predicted molar refractivity (Wildman–Crippen MR) is 68.9 cm³/mol. The van der Waals surface area contributed by atoms with Crippen LogP contribution < -0.4 is 0 Å². The van der Waals surface area contributed by atoms with Crippen molar-refractivity contribution in [1.82, 2.24) is 0 Å². The van der Waals surface area contributed by atoms with Gasteiger partial charge in [0.25, 0.3) is 0 Å². The van der Waals surface area contributed by atoms with Crippen LogP contribution in [-0.2, 0) is 12.6 Å². The van der Waals surface area contributed by atoms with Crippen molar-refractivity contribution in [2.75, 3.05) is 5.88 Å². The van der Waals surface area contributed by atoms with Crippen molar-refractivity contribution in [1.29, 1.82) is 0 Å². The van der Waals surface area contributed by atoms with Crippen LogP contribution in [-0.4, -0.2) is 5.88 Å². The Kier molecular flexibility index (Phi) is 5.09. The number of alkyl halides is 4. The largest absolute Gasteiger partial charge is 0.416 e. The van der Waals surface area contributed by atoms with Gasteiger partial charge in [0.2, 0.25) is 0 Å². The third-order valence-corrected chi connectivity index (χ3v) is 4.21. The summed E-state index contributed by atoms with van der Waals surface area (Å²) in [5.74, 6) is 0.529. The molecule has 0 bridgehead atoms. The third-order valence-electron chi connectivity index (χ3n) is 3.64. The highest BCUT2D eigenvalue weighted by molar-refractivity contribution is 6.18. The highest BCUT2D eigenvalue weighted by Gasteiger charge is 2.30. The van der Waals surface area contributed by atoms with Crippen LogP contribution in [0.5, 0.6) is 0 Å². The van der Waals surface area contributed by atoms with Gasteiger partial charge in [-0.3, -0.25) is 0 Å². The maximum absolute atomic E-state index is 12.4. The van der Waals surface area contributed by atoms with Gasteiger partial charge in [0, 0.05) is 5.88 Å². The second-order valence-electron chi connectivity index (χ2n) is 4.71. The summed E-state index contributed by atoms with van der Waals surface area (Å²) in [6, 6.07) is 5.38. The van der Waals surface area contributed by atoms with Crippen molar-refractivity contribution in [3.63, 3.8) is 0 Å². The molecule has 0 fully saturated rings. The zero-order valence-electron chi connectivity index (χ0n) is 10.6. The molecule has 0 nitrogen and oxygen atoms in total. The Labute approximate surface area is 111 Å². The summed E-state index contributed by atoms with van der Waals surface area (Å²) < 4.78 is 37.3. The standard InChI is InChI=1S/C14H18ClF3/c1-3-13(4-2,10-15)9-11-5-7-12(8-6-11)14(16,17)18/h5-8H,3-4,9-10H2,1-2H3. The maximum Gasteiger partial charge on any atom is 0.416 e. The number of halogens is 4. The van der Waals surface area contributed by atoms with Crippen LogP contribution in [0.25, 0.3) is 0 Å². The Morgan fingerprint density at radius 2 is 1.50 bits per heavy atom. The van der Waals surface area contributed by atoms with Crippen LogP contribution in [0.15, 0.2) is 24.3 Å². The van der Waals surface area contributed by atoms with Gasteiger partial charge in [0.1, 0.15) is 0 Å². The summed E-state index contributed by atoms with van der Waals surface area (Å²) in [6.45, 7) is 4.13. The van der Waals surface area contributed by atoms with E-state index in [4.69, 9.17) is 11.6 Å². The van der Waals surface area contributed by atoms with Crippen LogP contribution in [0, 0.1) is 5.41 Å². The summed E-state index contributed by atoms with van der Waals surface area (Å²) in [5, 5.41) is 0. The SMILES string of the molecule is CCC(CC)(CCl)Cc1ccc(C(F)(F)F)cc1. The van der Waals surface area contributed by atoms with Crippen molar-refractivity contribution in [3.05, 3.63) is 35.4 Å². The smallest absolute Gasteiger partial charge is 0.166 e. The van der Waals surface area contributed by atoms with Crippen LogP contribution in [0.2, 0.25) is 0 Å². The molecule has 0 N–H and O–H groups in total. The summed E-state index contributed by atoms with van der Waals surface area (Å²) in [6.07, 6.45) is -1.69. The molecule has 1 aromatic rings. The molecule has 0 amide bonds. The normalized spacial score (nSPS) is 12.8. The summed E-state index contributed by atoms with van der Waals surface area (Å²) >= 11 is 6.00. The third kappa shape index (κ3) is 3.64. The summed E-state index contributed by atoms with van der Waals surface area (Å²) in [5.41, 5.74) is 0.296. The van der Waals surface area contributed by atoms with Gasteiger partial charge in [-0.1, -0.05) is 26.0 Å². The minimum atomic E-state index is -4.27. The average molecular weight is 279 g/mol. The fourth-order valence-corrected chi connectivity index (χ4v) is 2.45. The van der Waals surface area contributed by atoms with E-state index in [0.717, 1.165) is 37.0 Å². The molecule has 1 aromatic carbocycles. The molecule has 0 radical (unpaired) electrons. The molecule has 0 aliphatic heterocycles. The summed E-state index contributed by atoms with van der Waals surface area (Å²) in [7, 11) is 0. The Balaban J connectivity index is 2.86. The van der Waals surface area contributed by atoms with Crippen molar-refractivity contribution in [2.45, 2.75) is 39.3 Å². The van der Waals surface area contributed by atoms with E-state index in [1.165, 1.54) is 0 Å². The predicted octanol–water partition coefficient (Wildman–Crippen LogP) is 5.29. The first-order valence-corrected chi connectivity index (χ1v) is 6.62. The highest BCUT2D eigenvalue weighted by atomic mass is 35.5. The van der Waals surface area contributed by atoms with Crippen LogP contribution in [0.4, 0.5) is 13.2 Å². The monoisotopic (exact) mass is 278 g/mol. The maximum atomic E-state index is 12.4. The van der Waals surface area contributed by atoms with Gasteiger partial charge in [-0.05, 0) is 42.4 Å². The van der Waals surface area contributed by atoms with Crippen molar-refractivity contribution < 1.29 is 13.2 Å². The van der Waals surface area contributed by atoms with E-state index in [-0.39, 0.29) is 5.41 Å². The lowest BCUT2D eigenvalue weighted by Crippen LogP contribution is -2.24. The van der Waals surface area contributed by atoms with Gasteiger partial charge in [-0.25, -0.2) is 0 Å². The van der Waals surface area contributed by atoms with Crippen molar-refractivity contribution in [3.8, 4) is 0 Å². The second kappa shape index (κ2) is 5.96. The van der Waals surface area contributed by atoms with E-state index in [9.17, 15) is 13.2 Å². The molecule has 0 aliphatic carbocycles. The van der Waals surface area contributed by atoms with Crippen LogP contribution in [0.1, 0.15) is 37.8 Å². The molecule has 4 heteroatoms. The van der Waals surface area contributed by atoms with E-state index in [0.29, 0.717) is 5.88 Å². The first kappa shape index (κ1) is 15.4. The molecule has 0 saturated heterocycles. The molecule has 102 valence electrons.